The van der Waals surface area contributed by atoms with Gasteiger partial charge >= 0.3 is 0 Å². The summed E-state index contributed by atoms with van der Waals surface area (Å²) in [5.74, 6) is 1.000. The van der Waals surface area contributed by atoms with E-state index in [1.54, 1.807) is 30.5 Å². The first-order chi connectivity index (χ1) is 8.08. The third-order valence-corrected chi connectivity index (χ3v) is 2.75. The molecular formula is C12H10Cl2N2O. The molecule has 5 heteroatoms. The van der Waals surface area contributed by atoms with Gasteiger partial charge in [-0.2, -0.15) is 0 Å². The average Bonchev–Trinajstić information content (AvgIpc) is 2.25. The zero-order chi connectivity index (χ0) is 12.4. The summed E-state index contributed by atoms with van der Waals surface area (Å²) in [6, 6.07) is 6.76. The van der Waals surface area contributed by atoms with Gasteiger partial charge in [0.05, 0.1) is 15.7 Å². The lowest BCUT2D eigenvalue weighted by molar-refractivity contribution is 0.476. The molecule has 0 radical (unpaired) electrons. The minimum absolute atomic E-state index is 0.373. The van der Waals surface area contributed by atoms with Crippen molar-refractivity contribution in [2.75, 3.05) is 5.73 Å². The van der Waals surface area contributed by atoms with Crippen LogP contribution < -0.4 is 10.5 Å². The third-order valence-electron chi connectivity index (χ3n) is 2.19. The summed E-state index contributed by atoms with van der Waals surface area (Å²) >= 11 is 12.1. The summed E-state index contributed by atoms with van der Waals surface area (Å²) in [7, 11) is 0. The smallest absolute Gasteiger partial charge is 0.164 e. The number of halogens is 2. The zero-order valence-electron chi connectivity index (χ0n) is 9.08. The van der Waals surface area contributed by atoms with Crippen molar-refractivity contribution in [2.45, 2.75) is 6.92 Å². The van der Waals surface area contributed by atoms with Crippen molar-refractivity contribution >= 4 is 28.9 Å². The van der Waals surface area contributed by atoms with E-state index in [1.165, 1.54) is 0 Å². The summed E-state index contributed by atoms with van der Waals surface area (Å²) in [5.41, 5.74) is 6.87. The highest BCUT2D eigenvalue weighted by atomic mass is 35.5. The molecule has 0 saturated carbocycles. The molecule has 0 aliphatic heterocycles. The van der Waals surface area contributed by atoms with Crippen LogP contribution in [0.3, 0.4) is 0 Å². The zero-order valence-corrected chi connectivity index (χ0v) is 10.6. The second kappa shape index (κ2) is 4.82. The van der Waals surface area contributed by atoms with Crippen molar-refractivity contribution in [1.29, 1.82) is 0 Å². The van der Waals surface area contributed by atoms with E-state index in [1.807, 2.05) is 6.92 Å². The van der Waals surface area contributed by atoms with E-state index >= 15 is 0 Å². The van der Waals surface area contributed by atoms with Gasteiger partial charge in [-0.1, -0.05) is 23.2 Å². The van der Waals surface area contributed by atoms with Crippen LogP contribution >= 0.6 is 23.2 Å². The van der Waals surface area contributed by atoms with Gasteiger partial charge in [0.15, 0.2) is 5.75 Å². The van der Waals surface area contributed by atoms with Gasteiger partial charge < -0.3 is 10.5 Å². The molecule has 1 aromatic carbocycles. The Morgan fingerprint density at radius 1 is 1.24 bits per heavy atom. The Balaban J connectivity index is 2.40. The van der Waals surface area contributed by atoms with Gasteiger partial charge in [0.25, 0.3) is 0 Å². The van der Waals surface area contributed by atoms with E-state index in [4.69, 9.17) is 33.7 Å². The number of nitrogen functional groups attached to an aromatic ring is 1. The Kier molecular flexibility index (Phi) is 3.41. The second-order valence-electron chi connectivity index (χ2n) is 3.50. The molecule has 17 heavy (non-hydrogen) atoms. The summed E-state index contributed by atoms with van der Waals surface area (Å²) in [6.45, 7) is 1.84. The van der Waals surface area contributed by atoms with Crippen molar-refractivity contribution in [2.24, 2.45) is 0 Å². The van der Waals surface area contributed by atoms with Crippen LogP contribution in [0.15, 0.2) is 30.5 Å². The molecule has 2 aromatic rings. The fourth-order valence-electron chi connectivity index (χ4n) is 1.36. The Labute approximate surface area is 109 Å². The first kappa shape index (κ1) is 12.0. The molecule has 1 aromatic heterocycles. The fourth-order valence-corrected chi connectivity index (χ4v) is 1.95. The van der Waals surface area contributed by atoms with E-state index in [2.05, 4.69) is 4.98 Å². The third kappa shape index (κ3) is 2.62. The molecule has 0 amide bonds. The maximum absolute atomic E-state index is 6.03. The quantitative estimate of drug-likeness (QED) is 0.836. The van der Waals surface area contributed by atoms with Crippen molar-refractivity contribution in [3.05, 3.63) is 46.2 Å². The maximum Gasteiger partial charge on any atom is 0.164 e. The summed E-state index contributed by atoms with van der Waals surface area (Å²) in [6.07, 6.45) is 1.69. The van der Waals surface area contributed by atoms with Crippen LogP contribution in [0.1, 0.15) is 5.69 Å². The first-order valence-electron chi connectivity index (χ1n) is 4.92. The highest BCUT2D eigenvalue weighted by Crippen LogP contribution is 2.38. The number of nitrogens with two attached hydrogens (primary N) is 1. The molecule has 0 fully saturated rings. The number of hydrogen-bond donors (Lipinski definition) is 1. The highest BCUT2D eigenvalue weighted by Gasteiger charge is 2.11. The fraction of sp³-hybridized carbons (Fsp3) is 0.0833. The molecule has 0 bridgehead atoms. The predicted molar refractivity (Wildman–Crippen MR) is 69.9 cm³/mol. The lowest BCUT2D eigenvalue weighted by Gasteiger charge is -2.11. The highest BCUT2D eigenvalue weighted by molar-refractivity contribution is 6.37. The number of rotatable bonds is 2. The molecule has 88 valence electrons. The summed E-state index contributed by atoms with van der Waals surface area (Å²) in [4.78, 5) is 4.12. The minimum atomic E-state index is 0.373. The van der Waals surface area contributed by atoms with Crippen molar-refractivity contribution in [3.63, 3.8) is 0 Å². The topological polar surface area (TPSA) is 48.1 Å². The van der Waals surface area contributed by atoms with Crippen LogP contribution in [0.2, 0.25) is 10.0 Å². The van der Waals surface area contributed by atoms with Gasteiger partial charge in [-0.15, -0.1) is 0 Å². The number of nitrogens with zero attached hydrogens (tertiary/aromatic N) is 1. The summed E-state index contributed by atoms with van der Waals surface area (Å²) < 4.78 is 5.64. The molecule has 1 heterocycles. The molecule has 0 atom stereocenters. The van der Waals surface area contributed by atoms with Gasteiger partial charge in [0, 0.05) is 11.9 Å². The monoisotopic (exact) mass is 268 g/mol. The van der Waals surface area contributed by atoms with Crippen molar-refractivity contribution < 1.29 is 4.74 Å². The van der Waals surface area contributed by atoms with Gasteiger partial charge in [-0.3, -0.25) is 4.98 Å². The Hall–Kier alpha value is -1.45. The molecule has 0 unspecified atom stereocenters. The number of ether oxygens (including phenoxy) is 1. The Morgan fingerprint density at radius 2 is 1.88 bits per heavy atom. The number of aromatic nitrogens is 1. The van der Waals surface area contributed by atoms with Gasteiger partial charge in [0.1, 0.15) is 5.75 Å². The second-order valence-corrected chi connectivity index (χ2v) is 4.32. The largest absolute Gasteiger partial charge is 0.452 e. The van der Waals surface area contributed by atoms with Crippen LogP contribution in [0.25, 0.3) is 0 Å². The predicted octanol–water partition coefficient (Wildman–Crippen LogP) is 4.07. The molecule has 0 aliphatic carbocycles. The molecule has 3 nitrogen and oxygen atoms in total. The van der Waals surface area contributed by atoms with Crippen LogP contribution in [-0.4, -0.2) is 4.98 Å². The van der Waals surface area contributed by atoms with Crippen LogP contribution in [0, 0.1) is 6.92 Å². The van der Waals surface area contributed by atoms with Gasteiger partial charge in [-0.05, 0) is 31.2 Å². The van der Waals surface area contributed by atoms with Crippen LogP contribution in [0.4, 0.5) is 5.69 Å². The Morgan fingerprint density at radius 3 is 2.47 bits per heavy atom. The number of benzene rings is 1. The van der Waals surface area contributed by atoms with Crippen molar-refractivity contribution in [1.82, 2.24) is 4.98 Å². The van der Waals surface area contributed by atoms with Crippen molar-refractivity contribution in [3.8, 4) is 11.5 Å². The lowest BCUT2D eigenvalue weighted by atomic mass is 10.3. The lowest BCUT2D eigenvalue weighted by Crippen LogP contribution is -1.93. The van der Waals surface area contributed by atoms with E-state index in [9.17, 15) is 0 Å². The molecule has 2 N–H and O–H groups in total. The number of pyridine rings is 1. The molecule has 2 rings (SSSR count). The van der Waals surface area contributed by atoms with Crippen LogP contribution in [0.5, 0.6) is 11.5 Å². The number of hydrogen-bond acceptors (Lipinski definition) is 3. The number of aryl methyl sites for hydroxylation is 1. The maximum atomic E-state index is 6.03. The van der Waals surface area contributed by atoms with E-state index in [0.717, 1.165) is 5.69 Å². The van der Waals surface area contributed by atoms with Gasteiger partial charge in [0.2, 0.25) is 0 Å². The standard InChI is InChI=1S/C12H10Cl2N2O/c1-7-11(3-2-4-16-7)17-12-9(13)5-8(15)6-10(12)14/h2-6H,15H2,1H3. The summed E-state index contributed by atoms with van der Waals surface area (Å²) in [5, 5.41) is 0.747. The minimum Gasteiger partial charge on any atom is -0.452 e. The number of anilines is 1. The van der Waals surface area contributed by atoms with E-state index in [-0.39, 0.29) is 0 Å². The molecular weight excluding hydrogens is 259 g/mol. The van der Waals surface area contributed by atoms with Gasteiger partial charge in [-0.25, -0.2) is 0 Å². The van der Waals surface area contributed by atoms with E-state index < -0.39 is 0 Å². The Bertz CT molecular complexity index is 535. The average molecular weight is 269 g/mol. The van der Waals surface area contributed by atoms with E-state index in [0.29, 0.717) is 27.2 Å². The molecule has 0 saturated heterocycles. The SMILES string of the molecule is Cc1ncccc1Oc1c(Cl)cc(N)cc1Cl. The molecule has 0 spiro atoms. The molecule has 0 aliphatic rings. The normalized spacial score (nSPS) is 10.3. The van der Waals surface area contributed by atoms with Crippen LogP contribution in [-0.2, 0) is 0 Å². The first-order valence-corrected chi connectivity index (χ1v) is 5.67.